The van der Waals surface area contributed by atoms with Gasteiger partial charge in [-0.05, 0) is 0 Å². The van der Waals surface area contributed by atoms with Crippen LogP contribution < -0.4 is 0 Å². The van der Waals surface area contributed by atoms with E-state index in [0.29, 0.717) is 0 Å². The molecule has 0 radical (unpaired) electrons. The first-order chi connectivity index (χ1) is 21.2. The first kappa shape index (κ1) is 62.3. The molecule has 0 aliphatic carbocycles. The highest BCUT2D eigenvalue weighted by Crippen LogP contribution is 2.77. The molecule has 36 heteroatoms. The largest absolute Gasteiger partial charge is 0.288 e. The standard InChI is InChI=1S/C15Cl32.H2O3S/c16-1(17,2(18,19)4(22,23)6(26,27)8(30,31)10(34,35)12(38,39)14(42,43)44)3(20,21)5(24,25)7(28,29)9(32,33)11(36,37)13(40,41)15(45,46)47;1-4(2)3/h;4H,(H,1,2,3). The van der Waals surface area contributed by atoms with Crippen molar-refractivity contribution < 1.29 is 13.0 Å². The summed E-state index contributed by atoms with van der Waals surface area (Å²) in [6.07, 6.45) is 0. The molecule has 0 saturated carbocycles. The summed E-state index contributed by atoms with van der Waals surface area (Å²) >= 11 is 200. The van der Waals surface area contributed by atoms with Gasteiger partial charge in [-0.2, -0.15) is 0 Å². The predicted molar refractivity (Wildman–Crippen MR) is 241 cm³/mol. The molecular formula is C15H2Cl32O3S. The Hall–Kier alpha value is 9.19. The van der Waals surface area contributed by atoms with Crippen molar-refractivity contribution >= 4 is 382 Å². The fraction of sp³-hybridized carbons (Fsp3) is 1.00. The van der Waals surface area contributed by atoms with E-state index in [1.165, 1.54) is 0 Å². The molecule has 0 atom stereocenters. The molecule has 0 aliphatic rings. The second kappa shape index (κ2) is 19.2. The van der Waals surface area contributed by atoms with Gasteiger partial charge in [-0.1, -0.05) is 371 Å². The van der Waals surface area contributed by atoms with Gasteiger partial charge in [0.25, 0.3) is 11.0 Å². The van der Waals surface area contributed by atoms with E-state index < -0.39 is 74.9 Å². The van der Waals surface area contributed by atoms with Crippen LogP contribution in [0.25, 0.3) is 0 Å². The van der Waals surface area contributed by atoms with Gasteiger partial charge in [0.15, 0.2) is 47.7 Å². The van der Waals surface area contributed by atoms with Gasteiger partial charge in [-0.3, -0.25) is 4.55 Å². The molecule has 3 nitrogen and oxygen atoms in total. The van der Waals surface area contributed by atoms with Crippen LogP contribution in [0.2, 0.25) is 0 Å². The molecule has 310 valence electrons. The number of rotatable bonds is 12. The summed E-state index contributed by atoms with van der Waals surface area (Å²) in [5, 5.41) is 0. The summed E-state index contributed by atoms with van der Waals surface area (Å²) in [7, 11) is -3.12. The minimum absolute atomic E-state index is 2.82. The van der Waals surface area contributed by atoms with Crippen LogP contribution in [-0.4, -0.2) is 76.9 Å². The summed E-state index contributed by atoms with van der Waals surface area (Å²) in [6.45, 7) is 0. The van der Waals surface area contributed by atoms with Crippen LogP contribution in [0.5, 0.6) is 0 Å². The Balaban J connectivity index is 0. The average Bonchev–Trinajstić information content (AvgIpc) is 2.85. The van der Waals surface area contributed by atoms with Crippen molar-refractivity contribution in [3.8, 4) is 0 Å². The van der Waals surface area contributed by atoms with Crippen LogP contribution in [0.15, 0.2) is 0 Å². The molecule has 0 aromatic carbocycles. The fourth-order valence-electron chi connectivity index (χ4n) is 2.52. The summed E-state index contributed by atoms with van der Waals surface area (Å²) < 4.78 is -25.4. The van der Waals surface area contributed by atoms with Crippen molar-refractivity contribution in [3.63, 3.8) is 0 Å². The number of hydrogen-bond acceptors (Lipinski definition) is 2. The number of thiol groups is 1. The molecule has 0 unspecified atom stereocenters. The maximum atomic E-state index is 8.59. The lowest BCUT2D eigenvalue weighted by Gasteiger charge is -2.58. The third-order valence-corrected chi connectivity index (χ3v) is 27.7. The smallest absolute Gasteiger partial charge is 0.254 e. The Kier molecular flexibility index (Phi) is 23.4. The van der Waals surface area contributed by atoms with Gasteiger partial charge in [0.05, 0.1) is 0 Å². The average molecular weight is 1400 g/mol. The van der Waals surface area contributed by atoms with E-state index in [1.54, 1.807) is 0 Å². The maximum absolute atomic E-state index is 8.59. The highest BCUT2D eigenvalue weighted by Gasteiger charge is 2.87. The van der Waals surface area contributed by atoms with E-state index in [2.05, 4.69) is 0 Å². The van der Waals surface area contributed by atoms with E-state index in [4.69, 9.17) is 384 Å². The van der Waals surface area contributed by atoms with Crippen LogP contribution >= 0.6 is 371 Å². The number of halogens is 32. The van der Waals surface area contributed by atoms with E-state index in [-0.39, 0.29) is 0 Å². The predicted octanol–water partition coefficient (Wildman–Crippen LogP) is 18.1. The van der Waals surface area contributed by atoms with Gasteiger partial charge in [0.2, 0.25) is 16.3 Å². The molecule has 0 aromatic rings. The molecule has 0 bridgehead atoms. The van der Waals surface area contributed by atoms with Crippen molar-refractivity contribution in [2.24, 2.45) is 0 Å². The van der Waals surface area contributed by atoms with Gasteiger partial charge < -0.3 is 0 Å². The number of hydrogen-bond donors (Lipinski definition) is 2. The van der Waals surface area contributed by atoms with E-state index in [9.17, 15) is 0 Å². The Morgan fingerprint density at radius 1 is 0.216 bits per heavy atom. The van der Waals surface area contributed by atoms with Crippen molar-refractivity contribution in [2.75, 3.05) is 0 Å². The molecule has 0 fully saturated rings. The molecular weight excluding hydrogens is 1390 g/mol. The molecule has 0 saturated heterocycles. The quantitative estimate of drug-likeness (QED) is 0.116. The zero-order valence-corrected chi connectivity index (χ0v) is 46.4. The zero-order valence-electron chi connectivity index (χ0n) is 21.3. The maximum Gasteiger partial charge on any atom is 0.254 e. The van der Waals surface area contributed by atoms with E-state index in [0.717, 1.165) is 0 Å². The first-order valence-electron chi connectivity index (χ1n) is 10.1. The fourth-order valence-corrected chi connectivity index (χ4v) is 12.9. The van der Waals surface area contributed by atoms with Crippen molar-refractivity contribution in [3.05, 3.63) is 0 Å². The van der Waals surface area contributed by atoms with Crippen molar-refractivity contribution in [1.29, 1.82) is 0 Å². The molecule has 0 aliphatic heterocycles. The van der Waals surface area contributed by atoms with Crippen LogP contribution in [0.1, 0.15) is 0 Å². The summed E-state index contributed by atoms with van der Waals surface area (Å²) in [6, 6.07) is 0. The summed E-state index contributed by atoms with van der Waals surface area (Å²) in [5.74, 6) is 0. The van der Waals surface area contributed by atoms with Crippen LogP contribution in [-0.2, 0) is 11.0 Å². The lowest BCUT2D eigenvalue weighted by molar-refractivity contribution is 0.402. The lowest BCUT2D eigenvalue weighted by Crippen LogP contribution is -2.75. The van der Waals surface area contributed by atoms with E-state index >= 15 is 0 Å². The SMILES string of the molecule is ClC(Cl)(Cl)C(Cl)(Cl)C(Cl)(Cl)C(Cl)(Cl)C(Cl)(Cl)C(Cl)(Cl)C(Cl)(Cl)C(Cl)(Cl)C(Cl)(Cl)C(Cl)(Cl)C(Cl)(Cl)C(Cl)(Cl)C(Cl)(Cl)C(Cl)(Cl)C(Cl)(Cl)Cl.O=[SH](=O)O. The molecule has 0 spiro atoms. The van der Waals surface area contributed by atoms with Gasteiger partial charge in [0, 0.05) is 0 Å². The van der Waals surface area contributed by atoms with Crippen LogP contribution in [0, 0.1) is 0 Å². The van der Waals surface area contributed by atoms with Gasteiger partial charge in [-0.15, -0.1) is 0 Å². The van der Waals surface area contributed by atoms with Gasteiger partial charge in [-0.25, -0.2) is 8.42 Å². The molecule has 0 amide bonds. The Morgan fingerprint density at radius 3 is 0.333 bits per heavy atom. The first-order valence-corrected chi connectivity index (χ1v) is 23.3. The molecule has 51 heavy (non-hydrogen) atoms. The minimum atomic E-state index is -3.57. The van der Waals surface area contributed by atoms with Crippen molar-refractivity contribution in [2.45, 2.75) is 63.9 Å². The third kappa shape index (κ3) is 10.6. The topological polar surface area (TPSA) is 54.4 Å². The van der Waals surface area contributed by atoms with E-state index in [1.807, 2.05) is 0 Å². The Labute approximate surface area is 451 Å². The molecule has 0 aromatic heterocycles. The molecule has 0 rings (SSSR count). The Morgan fingerprint density at radius 2 is 0.275 bits per heavy atom. The Bertz CT molecular complexity index is 1220. The van der Waals surface area contributed by atoms with Gasteiger partial charge in [0.1, 0.15) is 0 Å². The molecule has 1 N–H and O–H groups in total. The highest BCUT2D eigenvalue weighted by molar-refractivity contribution is 7.66. The summed E-state index contributed by atoms with van der Waals surface area (Å²) in [5.41, 5.74) is 0. The van der Waals surface area contributed by atoms with Crippen LogP contribution in [0.3, 0.4) is 0 Å². The zero-order chi connectivity index (χ0) is 43.1. The summed E-state index contributed by atoms with van der Waals surface area (Å²) in [4.78, 5) is 0. The van der Waals surface area contributed by atoms with Crippen LogP contribution in [0.4, 0.5) is 0 Å². The number of alkyl halides is 32. The molecule has 0 heterocycles. The lowest BCUT2D eigenvalue weighted by atomic mass is 9.97. The second-order valence-corrected chi connectivity index (χ2v) is 31.0. The third-order valence-electron chi connectivity index (χ3n) is 5.44. The van der Waals surface area contributed by atoms with Gasteiger partial charge >= 0.3 is 0 Å². The highest BCUT2D eigenvalue weighted by atomic mass is 35.6. The monoisotopic (exact) mass is 1380 g/mol. The normalized spacial score (nSPS) is 16.7. The second-order valence-electron chi connectivity index (χ2n) is 8.70. The van der Waals surface area contributed by atoms with Crippen molar-refractivity contribution in [1.82, 2.24) is 0 Å². The minimum Gasteiger partial charge on any atom is -0.288 e.